The zero-order valence-electron chi connectivity index (χ0n) is 34.4. The van der Waals surface area contributed by atoms with Crippen LogP contribution < -0.4 is 5.32 Å². The normalized spacial score (nSPS) is 34.0. The number of aliphatic hydroxyl groups excluding tert-OH is 12. The average molecular weight is 1080 g/mol. The number of nitrogens with one attached hydrogen (secondary N) is 3. The molecule has 21 nitrogen and oxygen atoms in total. The summed E-state index contributed by atoms with van der Waals surface area (Å²) in [5, 5.41) is 113. The second-order valence-electron chi connectivity index (χ2n) is 14.7. The van der Waals surface area contributed by atoms with Crippen LogP contribution in [0.25, 0.3) is 11.5 Å². The van der Waals surface area contributed by atoms with Crippen LogP contribution in [0.1, 0.15) is 73.1 Å². The molecule has 0 aromatic rings. The van der Waals surface area contributed by atoms with Crippen LogP contribution in [0.4, 0.5) is 0 Å². The smallest absolute Gasteiger partial charge is 0.160 e. The molecule has 3 aliphatic rings. The van der Waals surface area contributed by atoms with Crippen molar-refractivity contribution in [2.24, 2.45) is 17.8 Å². The summed E-state index contributed by atoms with van der Waals surface area (Å²) in [5.74, 6) is -3.15. The van der Waals surface area contributed by atoms with Crippen molar-refractivity contribution in [2.75, 3.05) is 19.8 Å². The third kappa shape index (κ3) is 23.8. The zero-order valence-corrected chi connectivity index (χ0v) is 42.9. The number of aliphatic hydroxyl groups is 12. The molecule has 0 saturated carbocycles. The van der Waals surface area contributed by atoms with E-state index in [1.54, 1.807) is 20.8 Å². The van der Waals surface area contributed by atoms with Crippen LogP contribution in [-0.4, -0.2) is 184 Å². The van der Waals surface area contributed by atoms with Gasteiger partial charge in [-0.3, -0.25) is 0 Å². The topological polar surface area (TPSA) is 381 Å². The van der Waals surface area contributed by atoms with Crippen LogP contribution in [-0.2, 0) is 127 Å². The Balaban J connectivity index is -0.000000345. The predicted molar refractivity (Wildman–Crippen MR) is 195 cm³/mol. The molecular weight excluding hydrogens is 1020 g/mol. The summed E-state index contributed by atoms with van der Waals surface area (Å²) >= 11 is 0. The maximum atomic E-state index is 11.1. The van der Waals surface area contributed by atoms with E-state index < -0.39 is 129 Å². The number of hydrogen-bond donors (Lipinski definition) is 13. The van der Waals surface area contributed by atoms with E-state index in [-0.39, 0.29) is 129 Å². The fourth-order valence-corrected chi connectivity index (χ4v) is 5.99. The Bertz CT molecular complexity index is 1020. The van der Waals surface area contributed by atoms with Crippen molar-refractivity contribution in [2.45, 2.75) is 159 Å². The van der Waals surface area contributed by atoms with Crippen molar-refractivity contribution < 1.29 is 188 Å². The van der Waals surface area contributed by atoms with Gasteiger partial charge >= 0.3 is 0 Å². The van der Waals surface area contributed by atoms with Gasteiger partial charge in [-0.1, -0.05) is 34.6 Å². The Labute approximate surface area is 421 Å². The molecule has 0 spiro atoms. The predicted octanol–water partition coefficient (Wildman–Crippen LogP) is -3.22. The quantitative estimate of drug-likeness (QED) is 0.0761. The molecule has 15 N–H and O–H groups in total. The Morgan fingerprint density at radius 2 is 0.814 bits per heavy atom. The van der Waals surface area contributed by atoms with Gasteiger partial charge in [-0.25, -0.2) is 0 Å². The van der Waals surface area contributed by atoms with Crippen molar-refractivity contribution in [1.29, 1.82) is 0 Å². The first-order chi connectivity index (χ1) is 25.9. The van der Waals surface area contributed by atoms with Gasteiger partial charge in [0.25, 0.3) is 0 Å². The van der Waals surface area contributed by atoms with E-state index in [4.69, 9.17) is 56.3 Å². The van der Waals surface area contributed by atoms with Crippen LogP contribution >= 0.6 is 0 Å². The second kappa shape index (κ2) is 33.6. The summed E-state index contributed by atoms with van der Waals surface area (Å²) in [5.41, 5.74) is 13.5. The van der Waals surface area contributed by atoms with Gasteiger partial charge in [0.1, 0.15) is 36.6 Å². The summed E-state index contributed by atoms with van der Waals surface area (Å²) in [6.07, 6.45) is -11.0. The van der Waals surface area contributed by atoms with Gasteiger partial charge in [0.2, 0.25) is 0 Å². The van der Waals surface area contributed by atoms with E-state index in [1.165, 1.54) is 0 Å². The fourth-order valence-electron chi connectivity index (χ4n) is 5.99. The van der Waals surface area contributed by atoms with Crippen molar-refractivity contribution in [3.8, 4) is 0 Å². The van der Waals surface area contributed by atoms with Crippen molar-refractivity contribution >= 4 is 17.6 Å². The minimum atomic E-state index is -1.13. The summed E-state index contributed by atoms with van der Waals surface area (Å²) < 4.78 is 14.5. The molecule has 15 atom stereocenters. The fraction of sp³-hybridized carbons (Fsp3) is 0.886. The summed E-state index contributed by atoms with van der Waals surface area (Å²) in [6.45, 7) is 10.7. The first kappa shape index (κ1) is 66.8. The molecule has 3 radical (unpaired) electrons. The van der Waals surface area contributed by atoms with Crippen LogP contribution in [0, 0.1) is 24.7 Å². The molecular formula is C35H66N3O18Y3-3. The number of ether oxygens (including phenoxy) is 3. The molecule has 3 fully saturated rings. The zero-order chi connectivity index (χ0) is 43.7. The molecule has 3 aliphatic heterocycles. The number of ketones is 1. The molecule has 3 saturated heterocycles. The maximum absolute atomic E-state index is 11.1. The van der Waals surface area contributed by atoms with Crippen LogP contribution in [0.3, 0.4) is 0 Å². The number of rotatable bonds is 14. The largest absolute Gasteiger partial charge is 0.668 e. The number of Topliss-reactive ketones (excluding diaryl/α,β-unsaturated/α-hetero) is 1. The number of amides is 2. The summed E-state index contributed by atoms with van der Waals surface area (Å²) in [4.78, 5) is 32.9. The molecule has 0 bridgehead atoms. The Kier molecular flexibility index (Phi) is 38.0. The van der Waals surface area contributed by atoms with Gasteiger partial charge in [0, 0.05) is 139 Å². The van der Waals surface area contributed by atoms with E-state index in [1.807, 2.05) is 13.8 Å². The summed E-state index contributed by atoms with van der Waals surface area (Å²) in [6, 6.07) is 0.108. The third-order valence-corrected chi connectivity index (χ3v) is 9.78. The van der Waals surface area contributed by atoms with E-state index in [2.05, 4.69) is 12.2 Å². The Morgan fingerprint density at radius 1 is 0.559 bits per heavy atom. The first-order valence-electron chi connectivity index (χ1n) is 18.4. The van der Waals surface area contributed by atoms with Crippen LogP contribution in [0.2, 0.25) is 0 Å². The molecule has 6 unspecified atom stereocenters. The van der Waals surface area contributed by atoms with Gasteiger partial charge in [0.05, 0.1) is 38.1 Å². The second-order valence-corrected chi connectivity index (χ2v) is 14.7. The van der Waals surface area contributed by atoms with E-state index in [0.29, 0.717) is 19.3 Å². The summed E-state index contributed by atoms with van der Waals surface area (Å²) in [7, 11) is 0. The van der Waals surface area contributed by atoms with Crippen LogP contribution in [0.5, 0.6) is 0 Å². The van der Waals surface area contributed by atoms with Gasteiger partial charge in [-0.2, -0.15) is 0 Å². The standard InChI is InChI=1S/C14H26N3O3.3C7H14O5.3Y/c1-10(2)17-14(7-4-11(3)18,8-5-12(15)19)9-6-13(16)20;3*1-3-5(9)6(10)4(2-8)12-7(3)11;;;/h10,17H,3-9H2,1-2H3,(H4,15,16,19,20);3*3-11H,2H2,1H3;;;/q-1;;;;;;/p-2/t;3*3-,4?,5?,6-,7+;;;/m.000.../s1. The van der Waals surface area contributed by atoms with Gasteiger partial charge in [-0.15, -0.1) is 0 Å². The van der Waals surface area contributed by atoms with E-state index in [9.17, 15) is 45.0 Å². The monoisotopic (exact) mass is 1080 g/mol. The van der Waals surface area contributed by atoms with Gasteiger partial charge in [0.15, 0.2) is 18.9 Å². The Morgan fingerprint density at radius 3 is 1.02 bits per heavy atom. The molecule has 24 heteroatoms. The first-order valence-corrected chi connectivity index (χ1v) is 18.4. The molecule has 0 aromatic heterocycles. The molecule has 3 rings (SSSR count). The van der Waals surface area contributed by atoms with Gasteiger partial charge in [-0.05, 0) is 44.3 Å². The third-order valence-electron chi connectivity index (χ3n) is 9.78. The Hall–Kier alpha value is 1.15. The van der Waals surface area contributed by atoms with Crippen molar-refractivity contribution in [3.63, 3.8) is 0 Å². The van der Waals surface area contributed by atoms with E-state index in [0.717, 1.165) is 0 Å². The molecule has 341 valence electrons. The van der Waals surface area contributed by atoms with Gasteiger partial charge < -0.3 is 114 Å². The number of carbonyl (C=O) groups excluding carboxylic acids is 3. The van der Waals surface area contributed by atoms with Crippen LogP contribution in [0.15, 0.2) is 0 Å². The maximum Gasteiger partial charge on any atom is 0.160 e. The minimum absolute atomic E-state index is 0. The molecule has 3 heterocycles. The molecule has 0 aromatic carbocycles. The number of hydrogen-bond acceptors (Lipinski definition) is 19. The molecule has 0 aliphatic carbocycles. The average Bonchev–Trinajstić information content (AvgIpc) is 3.14. The van der Waals surface area contributed by atoms with Crippen molar-refractivity contribution in [1.82, 2.24) is 5.32 Å². The van der Waals surface area contributed by atoms with Crippen molar-refractivity contribution in [3.05, 3.63) is 18.4 Å². The SMILES string of the molecule is C[C@H]1C(O)[C@@H](O)C(CO)O[C@H]1O.C[C@H]1C(O)[C@@H](O)C(CO)O[C@H]1O.C[C@H]1C(O)[C@@H](O)C(CO)O[C@H]1O.[CH2-]C(=O)CCC(CCC([NH-])=O)(CCC([NH-])=O)NC(C)C.[Y].[Y].[Y]. The number of carbonyl (C=O) groups is 3. The minimum Gasteiger partial charge on any atom is -0.668 e. The van der Waals surface area contributed by atoms with E-state index >= 15 is 0 Å². The molecule has 2 amide bonds. The molecule has 59 heavy (non-hydrogen) atoms.